The fraction of sp³-hybridized carbons (Fsp3) is 0.238. The number of likely N-dealkylation sites (N-methyl/N-ethyl adjacent to an activating group) is 1. The van der Waals surface area contributed by atoms with Crippen LogP contribution in [-0.2, 0) is 0 Å². The fourth-order valence-corrected chi connectivity index (χ4v) is 4.66. The van der Waals surface area contributed by atoms with Crippen LogP contribution in [0.3, 0.4) is 0 Å². The molecule has 4 rings (SSSR count). The second kappa shape index (κ2) is 9.41. The van der Waals surface area contributed by atoms with Crippen LogP contribution >= 0.6 is 34.5 Å². The summed E-state index contributed by atoms with van der Waals surface area (Å²) < 4.78 is 0. The Kier molecular flexibility index (Phi) is 6.61. The van der Waals surface area contributed by atoms with E-state index in [9.17, 15) is 14.9 Å². The van der Waals surface area contributed by atoms with Crippen molar-refractivity contribution in [1.82, 2.24) is 9.88 Å². The van der Waals surface area contributed by atoms with Crippen molar-refractivity contribution in [2.75, 3.05) is 43.4 Å². The van der Waals surface area contributed by atoms with Crippen LogP contribution in [0.4, 0.5) is 16.5 Å². The molecule has 11 heteroatoms. The van der Waals surface area contributed by atoms with Crippen molar-refractivity contribution < 1.29 is 9.72 Å². The molecule has 32 heavy (non-hydrogen) atoms. The van der Waals surface area contributed by atoms with Crippen molar-refractivity contribution >= 4 is 57.0 Å². The number of halogens is 2. The van der Waals surface area contributed by atoms with Crippen molar-refractivity contribution in [3.8, 4) is 11.3 Å². The number of rotatable bonds is 5. The Morgan fingerprint density at radius 3 is 2.59 bits per heavy atom. The number of amides is 1. The zero-order valence-electron chi connectivity index (χ0n) is 17.0. The first-order chi connectivity index (χ1) is 15.3. The average Bonchev–Trinajstić information content (AvgIpc) is 3.22. The van der Waals surface area contributed by atoms with Crippen LogP contribution in [0.1, 0.15) is 10.4 Å². The normalized spacial score (nSPS) is 14.4. The Morgan fingerprint density at radius 2 is 1.91 bits per heavy atom. The molecule has 2 heterocycles. The highest BCUT2D eigenvalue weighted by atomic mass is 35.5. The maximum Gasteiger partial charge on any atom is 0.293 e. The summed E-state index contributed by atoms with van der Waals surface area (Å²) in [7, 11) is 2.02. The lowest BCUT2D eigenvalue weighted by molar-refractivity contribution is -0.384. The molecule has 0 bridgehead atoms. The van der Waals surface area contributed by atoms with Crippen molar-refractivity contribution in [3.63, 3.8) is 0 Å². The molecule has 1 aliphatic heterocycles. The molecule has 1 amide bonds. The highest BCUT2D eigenvalue weighted by molar-refractivity contribution is 7.14. The molecule has 0 unspecified atom stereocenters. The van der Waals surface area contributed by atoms with Gasteiger partial charge in [0.05, 0.1) is 15.6 Å². The summed E-state index contributed by atoms with van der Waals surface area (Å²) in [5.74, 6) is -0.471. The SMILES string of the molecule is CN1CCN(c2ccc(C(=O)Nc3nc(-c4ccc(Cl)cc4Cl)cs3)cc2[N+](=O)[O-])CC1. The molecule has 1 N–H and O–H groups in total. The Labute approximate surface area is 198 Å². The van der Waals surface area contributed by atoms with Crippen molar-refractivity contribution in [2.45, 2.75) is 0 Å². The number of aromatic nitrogens is 1. The number of thiazole rings is 1. The first kappa shape index (κ1) is 22.5. The molecule has 3 aromatic rings. The van der Waals surface area contributed by atoms with E-state index in [0.29, 0.717) is 45.2 Å². The maximum absolute atomic E-state index is 12.7. The molecule has 8 nitrogen and oxygen atoms in total. The topological polar surface area (TPSA) is 91.6 Å². The quantitative estimate of drug-likeness (QED) is 0.397. The van der Waals surface area contributed by atoms with E-state index in [0.717, 1.165) is 13.1 Å². The van der Waals surface area contributed by atoms with Gasteiger partial charge in [-0.3, -0.25) is 20.2 Å². The zero-order valence-corrected chi connectivity index (χ0v) is 19.4. The largest absolute Gasteiger partial charge is 0.363 e. The predicted molar refractivity (Wildman–Crippen MR) is 128 cm³/mol. The van der Waals surface area contributed by atoms with Crippen LogP contribution in [0.2, 0.25) is 10.0 Å². The molecule has 0 atom stereocenters. The third-order valence-corrected chi connectivity index (χ3v) is 6.52. The fourth-order valence-electron chi connectivity index (χ4n) is 3.45. The third-order valence-electron chi connectivity index (χ3n) is 5.21. The number of carbonyl (C=O) groups excluding carboxylic acids is 1. The Morgan fingerprint density at radius 1 is 1.16 bits per heavy atom. The minimum absolute atomic E-state index is 0.0880. The Bertz CT molecular complexity index is 1180. The number of anilines is 2. The van der Waals surface area contributed by atoms with E-state index in [1.165, 1.54) is 17.4 Å². The summed E-state index contributed by atoms with van der Waals surface area (Å²) >= 11 is 13.4. The molecular weight excluding hydrogens is 473 g/mol. The van der Waals surface area contributed by atoms with Gasteiger partial charge >= 0.3 is 0 Å². The number of piperazine rings is 1. The lowest BCUT2D eigenvalue weighted by Crippen LogP contribution is -2.44. The van der Waals surface area contributed by atoms with Gasteiger partial charge in [-0.05, 0) is 37.4 Å². The number of nitro groups is 1. The minimum atomic E-state index is -0.471. The number of benzene rings is 2. The van der Waals surface area contributed by atoms with Crippen LogP contribution in [0.5, 0.6) is 0 Å². The van der Waals surface area contributed by atoms with Gasteiger partial charge in [0.25, 0.3) is 11.6 Å². The second-order valence-electron chi connectivity index (χ2n) is 7.37. The van der Waals surface area contributed by atoms with Crippen LogP contribution in [0, 0.1) is 10.1 Å². The van der Waals surface area contributed by atoms with Crippen LogP contribution in [-0.4, -0.2) is 53.9 Å². The van der Waals surface area contributed by atoms with Gasteiger partial charge in [0.1, 0.15) is 5.69 Å². The van der Waals surface area contributed by atoms with E-state index in [1.807, 2.05) is 11.9 Å². The van der Waals surface area contributed by atoms with E-state index >= 15 is 0 Å². The summed E-state index contributed by atoms with van der Waals surface area (Å²) in [5, 5.41) is 17.5. The number of nitro benzene ring substituents is 1. The van der Waals surface area contributed by atoms with Crippen molar-refractivity contribution in [1.29, 1.82) is 0 Å². The van der Waals surface area contributed by atoms with Gasteiger partial charge < -0.3 is 9.80 Å². The highest BCUT2D eigenvalue weighted by Gasteiger charge is 2.24. The lowest BCUT2D eigenvalue weighted by atomic mass is 10.1. The standard InChI is InChI=1S/C21H19Cl2N5O3S/c1-26-6-8-27(9-7-26)18-5-2-13(10-19(18)28(30)31)20(29)25-21-24-17(12-32-21)15-4-3-14(22)11-16(15)23/h2-5,10-12H,6-9H2,1H3,(H,24,25,29). The van der Waals surface area contributed by atoms with Crippen molar-refractivity contribution in [3.05, 3.63) is 67.5 Å². The monoisotopic (exact) mass is 491 g/mol. The maximum atomic E-state index is 12.7. The minimum Gasteiger partial charge on any atom is -0.363 e. The highest BCUT2D eigenvalue weighted by Crippen LogP contribution is 2.33. The van der Waals surface area contributed by atoms with Gasteiger partial charge in [0.15, 0.2) is 5.13 Å². The Hall–Kier alpha value is -2.72. The lowest BCUT2D eigenvalue weighted by Gasteiger charge is -2.33. The van der Waals surface area contributed by atoms with Crippen molar-refractivity contribution in [2.24, 2.45) is 0 Å². The number of hydrogen-bond donors (Lipinski definition) is 1. The summed E-state index contributed by atoms with van der Waals surface area (Å²) in [6, 6.07) is 9.64. The summed E-state index contributed by atoms with van der Waals surface area (Å²) in [4.78, 5) is 32.5. The van der Waals surface area contributed by atoms with Gasteiger partial charge in [-0.1, -0.05) is 23.2 Å². The summed E-state index contributed by atoms with van der Waals surface area (Å²) in [6.07, 6.45) is 0. The smallest absolute Gasteiger partial charge is 0.293 e. The van der Waals surface area contributed by atoms with Gasteiger partial charge in [-0.15, -0.1) is 11.3 Å². The number of nitrogens with zero attached hydrogens (tertiary/aromatic N) is 4. The van der Waals surface area contributed by atoms with Gasteiger partial charge in [-0.25, -0.2) is 4.98 Å². The molecule has 1 saturated heterocycles. The molecule has 1 aromatic heterocycles. The van der Waals surface area contributed by atoms with E-state index < -0.39 is 10.8 Å². The summed E-state index contributed by atoms with van der Waals surface area (Å²) in [5.41, 5.74) is 1.92. The number of hydrogen-bond acceptors (Lipinski definition) is 7. The number of nitrogens with one attached hydrogen (secondary N) is 1. The van der Waals surface area contributed by atoms with Gasteiger partial charge in [0.2, 0.25) is 0 Å². The third kappa shape index (κ3) is 4.86. The van der Waals surface area contributed by atoms with Crippen LogP contribution < -0.4 is 10.2 Å². The van der Waals surface area contributed by atoms with Gasteiger partial charge in [0, 0.05) is 53.8 Å². The van der Waals surface area contributed by atoms with E-state index in [4.69, 9.17) is 23.2 Å². The average molecular weight is 492 g/mol. The van der Waals surface area contributed by atoms with E-state index in [2.05, 4.69) is 15.2 Å². The van der Waals surface area contributed by atoms with E-state index in [1.54, 1.807) is 35.7 Å². The molecule has 2 aromatic carbocycles. The van der Waals surface area contributed by atoms with Gasteiger partial charge in [-0.2, -0.15) is 0 Å². The molecule has 0 aliphatic carbocycles. The second-order valence-corrected chi connectivity index (χ2v) is 9.07. The zero-order chi connectivity index (χ0) is 22.8. The molecule has 0 radical (unpaired) electrons. The molecule has 1 aliphatic rings. The Balaban J connectivity index is 1.53. The predicted octanol–water partition coefficient (Wildman–Crippen LogP) is 5.03. The first-order valence-corrected chi connectivity index (χ1v) is 11.4. The molecule has 0 spiro atoms. The van der Waals surface area contributed by atoms with Crippen LogP contribution in [0.25, 0.3) is 11.3 Å². The molecular formula is C21H19Cl2N5O3S. The molecule has 166 valence electrons. The number of carbonyl (C=O) groups is 1. The van der Waals surface area contributed by atoms with E-state index in [-0.39, 0.29) is 11.3 Å². The summed E-state index contributed by atoms with van der Waals surface area (Å²) in [6.45, 7) is 3.03. The first-order valence-electron chi connectivity index (χ1n) is 9.76. The van der Waals surface area contributed by atoms with Crippen LogP contribution in [0.15, 0.2) is 41.8 Å². The molecule has 0 saturated carbocycles. The molecule has 1 fully saturated rings.